The van der Waals surface area contributed by atoms with Gasteiger partial charge in [-0.15, -0.1) is 0 Å². The van der Waals surface area contributed by atoms with Crippen molar-refractivity contribution in [2.24, 2.45) is 0 Å². The molecule has 2 rings (SSSR count). The first-order valence-electron chi connectivity index (χ1n) is 7.00. The van der Waals surface area contributed by atoms with E-state index in [9.17, 15) is 18.0 Å². The van der Waals surface area contributed by atoms with E-state index in [0.29, 0.717) is 5.56 Å². The molecule has 0 atom stereocenters. The Bertz CT molecular complexity index is 499. The Balaban J connectivity index is 1.95. The number of piperidine rings is 1. The van der Waals surface area contributed by atoms with Crippen LogP contribution in [0.2, 0.25) is 0 Å². The Morgan fingerprint density at radius 3 is 2.64 bits per heavy atom. The molecule has 0 unspecified atom stereocenters. The van der Waals surface area contributed by atoms with Gasteiger partial charge < -0.3 is 15.0 Å². The molecule has 8 heteroatoms. The lowest BCUT2D eigenvalue weighted by Crippen LogP contribution is -2.43. The van der Waals surface area contributed by atoms with Gasteiger partial charge in [0.25, 0.3) is 5.91 Å². The summed E-state index contributed by atoms with van der Waals surface area (Å²) in [5.41, 5.74) is 0.334. The molecule has 0 radical (unpaired) electrons. The average Bonchev–Trinajstić information content (AvgIpc) is 2.52. The number of amides is 1. The molecule has 2 heterocycles. The van der Waals surface area contributed by atoms with Crippen LogP contribution in [0.25, 0.3) is 0 Å². The Morgan fingerprint density at radius 1 is 1.41 bits per heavy atom. The summed E-state index contributed by atoms with van der Waals surface area (Å²) in [7, 11) is 1.73. The fraction of sp³-hybridized carbons (Fsp3) is 0.571. The summed E-state index contributed by atoms with van der Waals surface area (Å²) in [5.74, 6) is -0.347. The van der Waals surface area contributed by atoms with Gasteiger partial charge in [-0.2, -0.15) is 13.2 Å². The number of nitrogens with one attached hydrogen (secondary N) is 1. The normalized spacial score (nSPS) is 16.4. The van der Waals surface area contributed by atoms with Crippen molar-refractivity contribution in [3.8, 4) is 5.88 Å². The Morgan fingerprint density at radius 2 is 2.09 bits per heavy atom. The maximum Gasteiger partial charge on any atom is 0.422 e. The van der Waals surface area contributed by atoms with Crippen molar-refractivity contribution in [3.63, 3.8) is 0 Å². The van der Waals surface area contributed by atoms with Crippen molar-refractivity contribution in [3.05, 3.63) is 23.9 Å². The molecule has 0 bridgehead atoms. The lowest BCUT2D eigenvalue weighted by atomic mass is 10.0. The molecule has 1 saturated heterocycles. The predicted molar refractivity (Wildman–Crippen MR) is 73.8 cm³/mol. The zero-order valence-corrected chi connectivity index (χ0v) is 12.2. The number of rotatable bonds is 4. The summed E-state index contributed by atoms with van der Waals surface area (Å²) in [6, 6.07) is 2.86. The minimum Gasteiger partial charge on any atom is -0.468 e. The highest BCUT2D eigenvalue weighted by molar-refractivity contribution is 5.94. The molecule has 1 aliphatic rings. The third kappa shape index (κ3) is 4.59. The van der Waals surface area contributed by atoms with Crippen molar-refractivity contribution < 1.29 is 22.7 Å². The van der Waals surface area contributed by atoms with Gasteiger partial charge in [0.05, 0.1) is 5.56 Å². The van der Waals surface area contributed by atoms with Crippen molar-refractivity contribution in [2.75, 3.05) is 26.7 Å². The van der Waals surface area contributed by atoms with Gasteiger partial charge in [0, 0.05) is 25.4 Å². The third-order valence-corrected chi connectivity index (χ3v) is 3.54. The quantitative estimate of drug-likeness (QED) is 0.921. The number of carbonyl (C=O) groups excluding carboxylic acids is 1. The van der Waals surface area contributed by atoms with Gasteiger partial charge in [0.2, 0.25) is 5.88 Å². The first-order valence-corrected chi connectivity index (χ1v) is 7.00. The zero-order valence-electron chi connectivity index (χ0n) is 12.2. The smallest absolute Gasteiger partial charge is 0.422 e. The monoisotopic (exact) mass is 317 g/mol. The second-order valence-electron chi connectivity index (χ2n) is 5.19. The number of hydrogen-bond donors (Lipinski definition) is 1. The number of aromatic nitrogens is 1. The summed E-state index contributed by atoms with van der Waals surface area (Å²) >= 11 is 0. The predicted octanol–water partition coefficient (Wildman–Crippen LogP) is 1.85. The Labute approximate surface area is 126 Å². The first-order chi connectivity index (χ1) is 10.4. The van der Waals surface area contributed by atoms with Crippen molar-refractivity contribution >= 4 is 5.91 Å². The minimum absolute atomic E-state index is 0.154. The van der Waals surface area contributed by atoms with E-state index in [2.05, 4.69) is 15.0 Å². The summed E-state index contributed by atoms with van der Waals surface area (Å²) in [6.45, 7) is 0.331. The van der Waals surface area contributed by atoms with Crippen LogP contribution in [0.3, 0.4) is 0 Å². The molecular weight excluding hydrogens is 299 g/mol. The van der Waals surface area contributed by atoms with Crippen LogP contribution in [-0.4, -0.2) is 54.8 Å². The molecule has 1 aromatic rings. The number of pyridine rings is 1. The fourth-order valence-electron chi connectivity index (χ4n) is 2.31. The van der Waals surface area contributed by atoms with E-state index in [1.165, 1.54) is 18.3 Å². The zero-order chi connectivity index (χ0) is 16.2. The lowest BCUT2D eigenvalue weighted by Gasteiger charge is -2.31. The molecule has 122 valence electrons. The van der Waals surface area contributed by atoms with Gasteiger partial charge in [0.1, 0.15) is 0 Å². The number of hydrogen-bond acceptors (Lipinski definition) is 4. The topological polar surface area (TPSA) is 54.5 Å². The van der Waals surface area contributed by atoms with Crippen LogP contribution in [-0.2, 0) is 0 Å². The van der Waals surface area contributed by atoms with Gasteiger partial charge in [-0.05, 0) is 32.0 Å². The van der Waals surface area contributed by atoms with E-state index < -0.39 is 12.8 Å². The first kappa shape index (κ1) is 16.5. The molecule has 1 aliphatic heterocycles. The Kier molecular flexibility index (Phi) is 5.23. The molecule has 0 saturated carbocycles. The largest absolute Gasteiger partial charge is 0.468 e. The van der Waals surface area contributed by atoms with E-state index in [1.807, 2.05) is 0 Å². The molecule has 1 fully saturated rings. The van der Waals surface area contributed by atoms with Crippen LogP contribution in [0.5, 0.6) is 5.88 Å². The van der Waals surface area contributed by atoms with Crippen LogP contribution in [0.15, 0.2) is 18.3 Å². The van der Waals surface area contributed by atoms with E-state index in [4.69, 9.17) is 0 Å². The molecule has 0 aromatic carbocycles. The van der Waals surface area contributed by atoms with Crippen LogP contribution in [0.1, 0.15) is 23.2 Å². The maximum absolute atomic E-state index is 12.3. The molecule has 1 amide bonds. The summed E-state index contributed by atoms with van der Waals surface area (Å²) < 4.78 is 40.6. The minimum atomic E-state index is -4.41. The summed E-state index contributed by atoms with van der Waals surface area (Å²) in [5, 5.41) is 3.22. The van der Waals surface area contributed by atoms with Crippen molar-refractivity contribution in [1.82, 2.24) is 15.2 Å². The highest BCUT2D eigenvalue weighted by Gasteiger charge is 2.28. The SMILES string of the molecule is CN(C(=O)c1ccc(OCC(F)(F)F)nc1)C1CCNCC1. The molecule has 5 nitrogen and oxygen atoms in total. The van der Waals surface area contributed by atoms with Gasteiger partial charge in [0.15, 0.2) is 6.61 Å². The molecule has 0 spiro atoms. The second-order valence-corrected chi connectivity index (χ2v) is 5.19. The van der Waals surface area contributed by atoms with Gasteiger partial charge >= 0.3 is 6.18 Å². The standard InChI is InChI=1S/C14H18F3N3O2/c1-20(11-4-6-18-7-5-11)13(21)10-2-3-12(19-8-10)22-9-14(15,16)17/h2-3,8,11,18H,4-7,9H2,1H3. The second kappa shape index (κ2) is 6.95. The Hall–Kier alpha value is -1.83. The van der Waals surface area contributed by atoms with E-state index >= 15 is 0 Å². The van der Waals surface area contributed by atoms with Gasteiger partial charge in [-0.3, -0.25) is 4.79 Å². The number of halogens is 3. The molecular formula is C14H18F3N3O2. The van der Waals surface area contributed by atoms with Gasteiger partial charge in [-0.1, -0.05) is 0 Å². The van der Waals surface area contributed by atoms with Crippen LogP contribution in [0, 0.1) is 0 Å². The molecule has 1 aromatic heterocycles. The summed E-state index contributed by atoms with van der Waals surface area (Å²) in [6.07, 6.45) is -1.41. The molecule has 0 aliphatic carbocycles. The highest BCUT2D eigenvalue weighted by Crippen LogP contribution is 2.18. The number of carbonyl (C=O) groups is 1. The lowest BCUT2D eigenvalue weighted by molar-refractivity contribution is -0.154. The fourth-order valence-corrected chi connectivity index (χ4v) is 2.31. The summed E-state index contributed by atoms with van der Waals surface area (Å²) in [4.78, 5) is 17.7. The van der Waals surface area contributed by atoms with E-state index in [1.54, 1.807) is 11.9 Å². The highest BCUT2D eigenvalue weighted by atomic mass is 19.4. The average molecular weight is 317 g/mol. The van der Waals surface area contributed by atoms with Crippen LogP contribution in [0.4, 0.5) is 13.2 Å². The number of ether oxygens (including phenoxy) is 1. The van der Waals surface area contributed by atoms with E-state index in [-0.39, 0.29) is 17.8 Å². The maximum atomic E-state index is 12.3. The van der Waals surface area contributed by atoms with Gasteiger partial charge in [-0.25, -0.2) is 4.98 Å². The third-order valence-electron chi connectivity index (χ3n) is 3.54. The van der Waals surface area contributed by atoms with E-state index in [0.717, 1.165) is 25.9 Å². The van der Waals surface area contributed by atoms with Crippen LogP contribution < -0.4 is 10.1 Å². The van der Waals surface area contributed by atoms with Crippen LogP contribution >= 0.6 is 0 Å². The van der Waals surface area contributed by atoms with Crippen molar-refractivity contribution in [2.45, 2.75) is 25.1 Å². The molecule has 22 heavy (non-hydrogen) atoms. The number of alkyl halides is 3. The molecule has 1 N–H and O–H groups in total. The van der Waals surface area contributed by atoms with Crippen molar-refractivity contribution in [1.29, 1.82) is 0 Å². The number of nitrogens with zero attached hydrogens (tertiary/aromatic N) is 2.